The Morgan fingerprint density at radius 2 is 2.17 bits per heavy atom. The van der Waals surface area contributed by atoms with Crippen molar-refractivity contribution in [3.63, 3.8) is 0 Å². The first-order valence-corrected chi connectivity index (χ1v) is 6.34. The van der Waals surface area contributed by atoms with Crippen LogP contribution in [0.1, 0.15) is 6.42 Å². The lowest BCUT2D eigenvalue weighted by atomic mass is 10.1. The summed E-state index contributed by atoms with van der Waals surface area (Å²) >= 11 is 0. The minimum Gasteiger partial charge on any atom is -0.396 e. The van der Waals surface area contributed by atoms with Gasteiger partial charge in [-0.1, -0.05) is 0 Å². The average molecular weight is 260 g/mol. The molecule has 0 bridgehead atoms. The molecule has 0 saturated carbocycles. The molecule has 0 aromatic rings. The Bertz CT molecular complexity index is 250. The number of piperazine rings is 1. The third-order valence-corrected chi connectivity index (χ3v) is 3.25. The molecule has 0 aromatic heterocycles. The van der Waals surface area contributed by atoms with Gasteiger partial charge in [0.05, 0.1) is 13.2 Å². The molecule has 18 heavy (non-hydrogen) atoms. The fourth-order valence-electron chi connectivity index (χ4n) is 2.03. The summed E-state index contributed by atoms with van der Waals surface area (Å²) < 4.78 is 10.1. The first kappa shape index (κ1) is 15.4. The number of carbonyl (C=O) groups excluding carboxylic acids is 1. The van der Waals surface area contributed by atoms with E-state index >= 15 is 0 Å². The second-order valence-electron chi connectivity index (χ2n) is 4.53. The van der Waals surface area contributed by atoms with Gasteiger partial charge in [0, 0.05) is 39.4 Å². The van der Waals surface area contributed by atoms with Crippen molar-refractivity contribution in [3.8, 4) is 0 Å². The van der Waals surface area contributed by atoms with Gasteiger partial charge in [-0.25, -0.2) is 0 Å². The van der Waals surface area contributed by atoms with Crippen LogP contribution in [0, 0.1) is 0 Å². The summed E-state index contributed by atoms with van der Waals surface area (Å²) in [6.45, 7) is 3.45. The van der Waals surface area contributed by atoms with Gasteiger partial charge < -0.3 is 19.5 Å². The molecule has 0 unspecified atom stereocenters. The Balaban J connectivity index is 2.30. The number of ether oxygens (including phenoxy) is 2. The Kier molecular flexibility index (Phi) is 7.19. The SMILES string of the molecule is COCCOCC(=O)N1CCN(C)[C@H](CCO)C1. The monoisotopic (exact) mass is 260 g/mol. The quantitative estimate of drug-likeness (QED) is 0.606. The van der Waals surface area contributed by atoms with Gasteiger partial charge in [-0.15, -0.1) is 0 Å². The summed E-state index contributed by atoms with van der Waals surface area (Å²) in [5.74, 6) is 0.0159. The Morgan fingerprint density at radius 1 is 1.39 bits per heavy atom. The van der Waals surface area contributed by atoms with Crippen molar-refractivity contribution in [2.75, 3.05) is 60.2 Å². The van der Waals surface area contributed by atoms with Crippen molar-refractivity contribution in [2.24, 2.45) is 0 Å². The number of likely N-dealkylation sites (N-methyl/N-ethyl adjacent to an activating group) is 1. The van der Waals surface area contributed by atoms with Gasteiger partial charge in [0.2, 0.25) is 5.91 Å². The highest BCUT2D eigenvalue weighted by Crippen LogP contribution is 2.10. The van der Waals surface area contributed by atoms with Gasteiger partial charge >= 0.3 is 0 Å². The predicted octanol–water partition coefficient (Wildman–Crippen LogP) is -0.826. The number of aliphatic hydroxyl groups excluding tert-OH is 1. The number of amides is 1. The second-order valence-corrected chi connectivity index (χ2v) is 4.53. The van der Waals surface area contributed by atoms with Crippen molar-refractivity contribution in [2.45, 2.75) is 12.5 Å². The smallest absolute Gasteiger partial charge is 0.248 e. The van der Waals surface area contributed by atoms with Crippen molar-refractivity contribution in [1.82, 2.24) is 9.80 Å². The molecule has 0 spiro atoms. The summed E-state index contributed by atoms with van der Waals surface area (Å²) in [5.41, 5.74) is 0. The molecule has 0 aromatic carbocycles. The second kappa shape index (κ2) is 8.42. The third-order valence-electron chi connectivity index (χ3n) is 3.25. The standard InChI is InChI=1S/C12H24N2O4/c1-13-4-5-14(9-11(13)3-6-15)12(16)10-18-8-7-17-2/h11,15H,3-10H2,1-2H3/t11-/m1/s1. The lowest BCUT2D eigenvalue weighted by Crippen LogP contribution is -2.54. The summed E-state index contributed by atoms with van der Waals surface area (Å²) in [7, 11) is 3.63. The van der Waals surface area contributed by atoms with Gasteiger partial charge in [0.25, 0.3) is 0 Å². The summed E-state index contributed by atoms with van der Waals surface area (Å²) in [6, 6.07) is 0.242. The Morgan fingerprint density at radius 3 is 2.83 bits per heavy atom. The van der Waals surface area contributed by atoms with Crippen molar-refractivity contribution >= 4 is 5.91 Å². The van der Waals surface area contributed by atoms with E-state index in [9.17, 15) is 4.79 Å². The summed E-state index contributed by atoms with van der Waals surface area (Å²) in [6.07, 6.45) is 0.699. The van der Waals surface area contributed by atoms with Crippen LogP contribution in [0.15, 0.2) is 0 Å². The predicted molar refractivity (Wildman–Crippen MR) is 67.4 cm³/mol. The largest absolute Gasteiger partial charge is 0.396 e. The molecule has 1 saturated heterocycles. The molecule has 1 heterocycles. The maximum atomic E-state index is 11.9. The van der Waals surface area contributed by atoms with Crippen LogP contribution in [-0.2, 0) is 14.3 Å². The Labute approximate surface area is 108 Å². The fraction of sp³-hybridized carbons (Fsp3) is 0.917. The first-order valence-electron chi connectivity index (χ1n) is 6.34. The maximum Gasteiger partial charge on any atom is 0.248 e. The van der Waals surface area contributed by atoms with E-state index in [0.717, 1.165) is 13.1 Å². The first-order chi connectivity index (χ1) is 8.69. The molecule has 0 radical (unpaired) electrons. The molecule has 1 rings (SSSR count). The van der Waals surface area contributed by atoms with E-state index in [0.29, 0.717) is 26.2 Å². The van der Waals surface area contributed by atoms with Crippen LogP contribution in [0.2, 0.25) is 0 Å². The number of carbonyl (C=O) groups is 1. The fourth-order valence-corrected chi connectivity index (χ4v) is 2.03. The minimum atomic E-state index is 0.0159. The molecule has 1 aliphatic rings. The number of hydrogen-bond donors (Lipinski definition) is 1. The molecule has 1 atom stereocenters. The van der Waals surface area contributed by atoms with Gasteiger partial charge in [0.15, 0.2) is 0 Å². The molecule has 6 nitrogen and oxygen atoms in total. The zero-order chi connectivity index (χ0) is 13.4. The van der Waals surface area contributed by atoms with E-state index in [1.165, 1.54) is 0 Å². The zero-order valence-electron chi connectivity index (χ0n) is 11.3. The lowest BCUT2D eigenvalue weighted by molar-refractivity contribution is -0.139. The molecular formula is C12H24N2O4. The molecule has 106 valence electrons. The van der Waals surface area contributed by atoms with Crippen LogP contribution in [0.5, 0.6) is 0 Å². The van der Waals surface area contributed by atoms with Crippen molar-refractivity contribution in [3.05, 3.63) is 0 Å². The highest BCUT2D eigenvalue weighted by atomic mass is 16.5. The number of nitrogens with zero attached hydrogens (tertiary/aromatic N) is 2. The Hall–Kier alpha value is -0.690. The lowest BCUT2D eigenvalue weighted by Gasteiger charge is -2.39. The number of hydrogen-bond acceptors (Lipinski definition) is 5. The van der Waals surface area contributed by atoms with Crippen LogP contribution < -0.4 is 0 Å². The maximum absolute atomic E-state index is 11.9. The van der Waals surface area contributed by atoms with E-state index in [4.69, 9.17) is 14.6 Å². The summed E-state index contributed by atoms with van der Waals surface area (Å²) in [5, 5.41) is 8.99. The van der Waals surface area contributed by atoms with Gasteiger partial charge in [0.1, 0.15) is 6.61 Å². The van der Waals surface area contributed by atoms with Crippen LogP contribution in [0.25, 0.3) is 0 Å². The average Bonchev–Trinajstić information content (AvgIpc) is 2.37. The van der Waals surface area contributed by atoms with Crippen LogP contribution in [0.4, 0.5) is 0 Å². The minimum absolute atomic E-state index is 0.0159. The van der Waals surface area contributed by atoms with Gasteiger partial charge in [-0.2, -0.15) is 0 Å². The summed E-state index contributed by atoms with van der Waals surface area (Å²) in [4.78, 5) is 15.9. The topological polar surface area (TPSA) is 62.2 Å². The highest BCUT2D eigenvalue weighted by molar-refractivity contribution is 5.77. The third kappa shape index (κ3) is 4.89. The molecule has 1 fully saturated rings. The van der Waals surface area contributed by atoms with Gasteiger partial charge in [-0.3, -0.25) is 9.69 Å². The van der Waals surface area contributed by atoms with Crippen LogP contribution in [0.3, 0.4) is 0 Å². The van der Waals surface area contributed by atoms with Crippen molar-refractivity contribution in [1.29, 1.82) is 0 Å². The number of methoxy groups -OCH3 is 1. The van der Waals surface area contributed by atoms with Crippen LogP contribution >= 0.6 is 0 Å². The molecule has 6 heteroatoms. The highest BCUT2D eigenvalue weighted by Gasteiger charge is 2.26. The number of aliphatic hydroxyl groups is 1. The van der Waals surface area contributed by atoms with E-state index < -0.39 is 0 Å². The number of rotatable bonds is 7. The van der Waals surface area contributed by atoms with E-state index in [1.54, 1.807) is 7.11 Å². The van der Waals surface area contributed by atoms with E-state index in [-0.39, 0.29) is 25.2 Å². The van der Waals surface area contributed by atoms with Crippen LogP contribution in [-0.4, -0.2) is 87.1 Å². The zero-order valence-corrected chi connectivity index (χ0v) is 11.3. The molecule has 1 N–H and O–H groups in total. The molecule has 1 amide bonds. The van der Waals surface area contributed by atoms with E-state index in [2.05, 4.69) is 4.90 Å². The van der Waals surface area contributed by atoms with Crippen molar-refractivity contribution < 1.29 is 19.4 Å². The van der Waals surface area contributed by atoms with E-state index in [1.807, 2.05) is 11.9 Å². The normalized spacial score (nSPS) is 21.3. The molecule has 0 aliphatic carbocycles. The molecular weight excluding hydrogens is 236 g/mol. The van der Waals surface area contributed by atoms with Gasteiger partial charge in [-0.05, 0) is 13.5 Å². The molecule has 1 aliphatic heterocycles.